The fourth-order valence-electron chi connectivity index (χ4n) is 4.19. The van der Waals surface area contributed by atoms with Gasteiger partial charge in [-0.05, 0) is 70.8 Å². The molecular weight excluding hydrogens is 416 g/mol. The van der Waals surface area contributed by atoms with Crippen LogP contribution in [0.15, 0.2) is 9.98 Å². The van der Waals surface area contributed by atoms with Crippen molar-refractivity contribution in [3.05, 3.63) is 0 Å². The molecule has 2 N–H and O–H groups in total. The normalized spacial score (nSPS) is 12.6. The van der Waals surface area contributed by atoms with Crippen molar-refractivity contribution in [2.75, 3.05) is 26.4 Å². The van der Waals surface area contributed by atoms with Gasteiger partial charge in [0, 0.05) is 24.6 Å². The predicted octanol–water partition coefficient (Wildman–Crippen LogP) is 8.84. The molecule has 0 aliphatic heterocycles. The Labute approximate surface area is 214 Å². The lowest BCUT2D eigenvalue weighted by atomic mass is 10.0. The van der Waals surface area contributed by atoms with Crippen molar-refractivity contribution in [1.82, 2.24) is 10.6 Å². The first kappa shape index (κ1) is 33.3. The van der Waals surface area contributed by atoms with Gasteiger partial charge in [0.25, 0.3) is 0 Å². The van der Waals surface area contributed by atoms with Crippen LogP contribution in [-0.4, -0.2) is 37.9 Å². The van der Waals surface area contributed by atoms with E-state index in [4.69, 9.17) is 9.98 Å². The van der Waals surface area contributed by atoms with Gasteiger partial charge in [0.05, 0.1) is 6.67 Å². The van der Waals surface area contributed by atoms with Gasteiger partial charge in [0.15, 0.2) is 0 Å². The molecule has 202 valence electrons. The minimum absolute atomic E-state index is 0.754. The van der Waals surface area contributed by atoms with Crippen LogP contribution in [0, 0.1) is 0 Å². The zero-order valence-corrected chi connectivity index (χ0v) is 23.9. The average Bonchev–Trinajstić information content (AvgIpc) is 2.85. The Morgan fingerprint density at radius 3 is 1.53 bits per heavy atom. The van der Waals surface area contributed by atoms with Crippen LogP contribution in [0.4, 0.5) is 0 Å². The zero-order chi connectivity index (χ0) is 25.0. The van der Waals surface area contributed by atoms with Gasteiger partial charge in [-0.15, -0.1) is 0 Å². The summed E-state index contributed by atoms with van der Waals surface area (Å²) in [6.45, 7) is 12.8. The maximum Gasteiger partial charge on any atom is 0.0893 e. The standard InChI is InChI=1S/C30H62N4/c1-5-9-13-15-17-23-29(21-11-7-3)33-26-20-19-25-31-27-32-28-34-30(22-12-8-4)24-18-16-14-10-6-2/h31-32H,5-28H2,1-4H3. The highest BCUT2D eigenvalue weighted by atomic mass is 15.1. The molecule has 0 amide bonds. The molecule has 0 spiro atoms. The molecule has 0 radical (unpaired) electrons. The fourth-order valence-corrected chi connectivity index (χ4v) is 4.19. The van der Waals surface area contributed by atoms with E-state index in [0.29, 0.717) is 0 Å². The number of nitrogens with zero attached hydrogens (tertiary/aromatic N) is 2. The lowest BCUT2D eigenvalue weighted by Gasteiger charge is -2.09. The van der Waals surface area contributed by atoms with E-state index in [1.807, 2.05) is 0 Å². The molecule has 0 heterocycles. The monoisotopic (exact) mass is 478 g/mol. The molecule has 0 aromatic heterocycles. The molecule has 0 rings (SSSR count). The van der Waals surface area contributed by atoms with Crippen LogP contribution in [0.2, 0.25) is 0 Å². The Morgan fingerprint density at radius 2 is 0.971 bits per heavy atom. The Morgan fingerprint density at radius 1 is 0.471 bits per heavy atom. The lowest BCUT2D eigenvalue weighted by molar-refractivity contribution is 0.566. The number of unbranched alkanes of at least 4 members (excludes halogenated alkanes) is 11. The van der Waals surface area contributed by atoms with Gasteiger partial charge < -0.3 is 5.32 Å². The van der Waals surface area contributed by atoms with Crippen molar-refractivity contribution in [2.45, 2.75) is 156 Å². The summed E-state index contributed by atoms with van der Waals surface area (Å²) in [7, 11) is 0. The molecule has 4 nitrogen and oxygen atoms in total. The topological polar surface area (TPSA) is 48.8 Å². The van der Waals surface area contributed by atoms with Crippen LogP contribution in [0.25, 0.3) is 0 Å². The van der Waals surface area contributed by atoms with Gasteiger partial charge in [-0.3, -0.25) is 15.3 Å². The first-order valence-corrected chi connectivity index (χ1v) is 15.2. The van der Waals surface area contributed by atoms with Crippen LogP contribution in [0.5, 0.6) is 0 Å². The first-order valence-electron chi connectivity index (χ1n) is 15.2. The molecule has 0 bridgehead atoms. The van der Waals surface area contributed by atoms with E-state index in [0.717, 1.165) is 26.4 Å². The number of rotatable bonds is 27. The van der Waals surface area contributed by atoms with E-state index in [2.05, 4.69) is 38.3 Å². The van der Waals surface area contributed by atoms with E-state index in [9.17, 15) is 0 Å². The van der Waals surface area contributed by atoms with Crippen molar-refractivity contribution in [1.29, 1.82) is 0 Å². The van der Waals surface area contributed by atoms with Crippen molar-refractivity contribution in [3.8, 4) is 0 Å². The summed E-state index contributed by atoms with van der Waals surface area (Å²) in [4.78, 5) is 9.83. The second-order valence-corrected chi connectivity index (χ2v) is 10.00. The Kier molecular flexibility index (Phi) is 27.9. The summed E-state index contributed by atoms with van der Waals surface area (Å²) in [5.74, 6) is 0. The maximum absolute atomic E-state index is 4.97. The second kappa shape index (κ2) is 28.5. The van der Waals surface area contributed by atoms with Crippen LogP contribution < -0.4 is 10.6 Å². The molecule has 0 aliphatic carbocycles. The van der Waals surface area contributed by atoms with E-state index in [-0.39, 0.29) is 0 Å². The van der Waals surface area contributed by atoms with Crippen LogP contribution in [0.1, 0.15) is 156 Å². The van der Waals surface area contributed by atoms with E-state index >= 15 is 0 Å². The Hall–Kier alpha value is -0.740. The molecule has 34 heavy (non-hydrogen) atoms. The molecular formula is C30H62N4. The molecule has 0 aromatic carbocycles. The number of nitrogens with one attached hydrogen (secondary N) is 2. The summed E-state index contributed by atoms with van der Waals surface area (Å²) < 4.78 is 0. The third kappa shape index (κ3) is 24.4. The average molecular weight is 479 g/mol. The lowest BCUT2D eigenvalue weighted by Crippen LogP contribution is -2.30. The van der Waals surface area contributed by atoms with Crippen molar-refractivity contribution in [2.24, 2.45) is 9.98 Å². The zero-order valence-electron chi connectivity index (χ0n) is 23.9. The van der Waals surface area contributed by atoms with Crippen LogP contribution in [0.3, 0.4) is 0 Å². The molecule has 0 aliphatic rings. The Bertz CT molecular complexity index is 417. The summed E-state index contributed by atoms with van der Waals surface area (Å²) >= 11 is 0. The third-order valence-corrected chi connectivity index (χ3v) is 6.54. The quantitative estimate of drug-likeness (QED) is 0.0703. The van der Waals surface area contributed by atoms with Crippen LogP contribution >= 0.6 is 0 Å². The number of hydrogen-bond acceptors (Lipinski definition) is 4. The highest BCUT2D eigenvalue weighted by Gasteiger charge is 2.01. The molecule has 4 heteroatoms. The third-order valence-electron chi connectivity index (χ3n) is 6.54. The van der Waals surface area contributed by atoms with Crippen molar-refractivity contribution in [3.63, 3.8) is 0 Å². The largest absolute Gasteiger partial charge is 0.304 e. The summed E-state index contributed by atoms with van der Waals surface area (Å²) in [5.41, 5.74) is 2.91. The van der Waals surface area contributed by atoms with Gasteiger partial charge in [-0.25, -0.2) is 0 Å². The minimum atomic E-state index is 0.754. The number of hydrogen-bond donors (Lipinski definition) is 2. The van der Waals surface area contributed by atoms with Gasteiger partial charge in [0.1, 0.15) is 0 Å². The van der Waals surface area contributed by atoms with E-state index in [1.165, 1.54) is 140 Å². The smallest absolute Gasteiger partial charge is 0.0893 e. The fraction of sp³-hybridized carbons (Fsp3) is 0.933. The predicted molar refractivity (Wildman–Crippen MR) is 156 cm³/mol. The summed E-state index contributed by atoms with van der Waals surface area (Å²) in [6, 6.07) is 0. The van der Waals surface area contributed by atoms with E-state index in [1.54, 1.807) is 0 Å². The highest BCUT2D eigenvalue weighted by Crippen LogP contribution is 2.11. The van der Waals surface area contributed by atoms with Gasteiger partial charge in [-0.2, -0.15) is 0 Å². The molecule has 0 fully saturated rings. The van der Waals surface area contributed by atoms with Gasteiger partial charge in [0.2, 0.25) is 0 Å². The van der Waals surface area contributed by atoms with Crippen LogP contribution in [-0.2, 0) is 0 Å². The molecule has 0 unspecified atom stereocenters. The Balaban J connectivity index is 3.90. The summed E-state index contributed by atoms with van der Waals surface area (Å²) in [6.07, 6.45) is 25.8. The van der Waals surface area contributed by atoms with Crippen molar-refractivity contribution < 1.29 is 0 Å². The number of aliphatic imine (C=N–C) groups is 2. The van der Waals surface area contributed by atoms with Gasteiger partial charge >= 0.3 is 0 Å². The molecule has 0 atom stereocenters. The van der Waals surface area contributed by atoms with Crippen molar-refractivity contribution >= 4 is 11.4 Å². The van der Waals surface area contributed by atoms with Gasteiger partial charge in [-0.1, -0.05) is 91.9 Å². The molecule has 0 saturated carbocycles. The summed E-state index contributed by atoms with van der Waals surface area (Å²) in [5, 5.41) is 6.96. The minimum Gasteiger partial charge on any atom is -0.304 e. The second-order valence-electron chi connectivity index (χ2n) is 10.00. The molecule has 0 aromatic rings. The maximum atomic E-state index is 4.97. The highest BCUT2D eigenvalue weighted by molar-refractivity contribution is 5.84. The SMILES string of the molecule is CCCCCCCC(CCCC)=NCCCCNCNCN=C(CCCC)CCCCCCC. The molecule has 0 saturated heterocycles. The first-order chi connectivity index (χ1) is 16.8. The van der Waals surface area contributed by atoms with E-state index < -0.39 is 0 Å².